The van der Waals surface area contributed by atoms with Gasteiger partial charge in [-0.15, -0.1) is 0 Å². The molecule has 0 amide bonds. The van der Waals surface area contributed by atoms with Gasteiger partial charge in [0.1, 0.15) is 0 Å². The molecule has 0 spiro atoms. The van der Waals surface area contributed by atoms with Gasteiger partial charge in [-0.3, -0.25) is 0 Å². The fraction of sp³-hybridized carbons (Fsp3) is 0.938. The van der Waals surface area contributed by atoms with Crippen molar-refractivity contribution in [2.45, 2.75) is 77.6 Å². The SMILES string of the molecule is CCCCCCCCCCCCC(C#N)CNC. The lowest BCUT2D eigenvalue weighted by molar-refractivity contribution is 0.502. The highest BCUT2D eigenvalue weighted by Crippen LogP contribution is 2.13. The molecule has 18 heavy (non-hydrogen) atoms. The van der Waals surface area contributed by atoms with Crippen LogP contribution in [0.4, 0.5) is 0 Å². The molecule has 0 saturated carbocycles. The van der Waals surface area contributed by atoms with Crippen LogP contribution in [0.1, 0.15) is 77.6 Å². The van der Waals surface area contributed by atoms with Crippen LogP contribution in [0.15, 0.2) is 0 Å². The van der Waals surface area contributed by atoms with E-state index in [-0.39, 0.29) is 5.92 Å². The Labute approximate surface area is 114 Å². The van der Waals surface area contributed by atoms with E-state index in [1.807, 2.05) is 7.05 Å². The summed E-state index contributed by atoms with van der Waals surface area (Å²) < 4.78 is 0. The van der Waals surface area contributed by atoms with Gasteiger partial charge in [0.25, 0.3) is 0 Å². The molecule has 0 heterocycles. The predicted octanol–water partition coefficient (Wildman–Crippen LogP) is 4.66. The van der Waals surface area contributed by atoms with Crippen LogP contribution >= 0.6 is 0 Å². The summed E-state index contributed by atoms with van der Waals surface area (Å²) in [5, 5.41) is 12.0. The number of unbranched alkanes of at least 4 members (excludes halogenated alkanes) is 9. The van der Waals surface area contributed by atoms with Crippen LogP contribution in [-0.4, -0.2) is 13.6 Å². The van der Waals surface area contributed by atoms with Gasteiger partial charge in [-0.05, 0) is 13.5 Å². The Hall–Kier alpha value is -0.550. The summed E-state index contributed by atoms with van der Waals surface area (Å²) in [4.78, 5) is 0. The van der Waals surface area contributed by atoms with Crippen molar-refractivity contribution >= 4 is 0 Å². The van der Waals surface area contributed by atoms with Crippen molar-refractivity contribution < 1.29 is 0 Å². The molecule has 1 atom stereocenters. The molecule has 0 aliphatic rings. The number of rotatable bonds is 13. The largest absolute Gasteiger partial charge is 0.318 e. The average molecular weight is 252 g/mol. The maximum Gasteiger partial charge on any atom is 0.0669 e. The van der Waals surface area contributed by atoms with Crippen LogP contribution in [-0.2, 0) is 0 Å². The summed E-state index contributed by atoms with van der Waals surface area (Å²) in [5.74, 6) is 0.212. The molecular weight excluding hydrogens is 220 g/mol. The molecular formula is C16H32N2. The zero-order chi connectivity index (χ0) is 13.5. The number of hydrogen-bond acceptors (Lipinski definition) is 2. The van der Waals surface area contributed by atoms with Crippen molar-refractivity contribution in [3.05, 3.63) is 0 Å². The summed E-state index contributed by atoms with van der Waals surface area (Å²) in [5.41, 5.74) is 0. The summed E-state index contributed by atoms with van der Waals surface area (Å²) in [6.07, 6.45) is 14.7. The molecule has 0 aliphatic carbocycles. The van der Waals surface area contributed by atoms with E-state index >= 15 is 0 Å². The molecule has 0 saturated heterocycles. The summed E-state index contributed by atoms with van der Waals surface area (Å²) in [7, 11) is 1.92. The van der Waals surface area contributed by atoms with Gasteiger partial charge in [-0.2, -0.15) is 5.26 Å². The fourth-order valence-electron chi connectivity index (χ4n) is 2.34. The molecule has 0 rings (SSSR count). The molecule has 0 fully saturated rings. The first-order valence-corrected chi connectivity index (χ1v) is 7.89. The third kappa shape index (κ3) is 11.9. The molecule has 1 unspecified atom stereocenters. The van der Waals surface area contributed by atoms with Gasteiger partial charge >= 0.3 is 0 Å². The maximum atomic E-state index is 8.91. The Bertz CT molecular complexity index is 196. The first-order chi connectivity index (χ1) is 8.85. The maximum absolute atomic E-state index is 8.91. The van der Waals surface area contributed by atoms with E-state index in [4.69, 9.17) is 5.26 Å². The molecule has 0 aromatic heterocycles. The number of nitrogens with zero attached hydrogens (tertiary/aromatic N) is 1. The lowest BCUT2D eigenvalue weighted by Gasteiger charge is -2.07. The molecule has 0 bridgehead atoms. The van der Waals surface area contributed by atoms with Crippen LogP contribution in [0, 0.1) is 17.2 Å². The second kappa shape index (κ2) is 14.5. The van der Waals surface area contributed by atoms with Crippen LogP contribution in [0.3, 0.4) is 0 Å². The standard InChI is InChI=1S/C16H32N2/c1-3-4-5-6-7-8-9-10-11-12-13-16(14-17)15-18-2/h16,18H,3-13,15H2,1-2H3. The minimum atomic E-state index is 0.212. The normalized spacial score (nSPS) is 12.3. The van der Waals surface area contributed by atoms with E-state index in [1.165, 1.54) is 64.2 Å². The number of hydrogen-bond donors (Lipinski definition) is 1. The smallest absolute Gasteiger partial charge is 0.0669 e. The minimum Gasteiger partial charge on any atom is -0.318 e. The topological polar surface area (TPSA) is 35.8 Å². The summed E-state index contributed by atoms with van der Waals surface area (Å²) in [6.45, 7) is 3.11. The molecule has 2 heteroatoms. The number of nitriles is 1. The fourth-order valence-corrected chi connectivity index (χ4v) is 2.34. The molecule has 0 radical (unpaired) electrons. The molecule has 0 aromatic rings. The average Bonchev–Trinajstić information content (AvgIpc) is 2.39. The monoisotopic (exact) mass is 252 g/mol. The Kier molecular flexibility index (Phi) is 14.1. The van der Waals surface area contributed by atoms with E-state index in [2.05, 4.69) is 18.3 Å². The molecule has 0 aromatic carbocycles. The van der Waals surface area contributed by atoms with Crippen molar-refractivity contribution in [2.75, 3.05) is 13.6 Å². The summed E-state index contributed by atoms with van der Waals surface area (Å²) >= 11 is 0. The Morgan fingerprint density at radius 3 is 1.83 bits per heavy atom. The Morgan fingerprint density at radius 1 is 0.889 bits per heavy atom. The van der Waals surface area contributed by atoms with Crippen molar-refractivity contribution in [3.63, 3.8) is 0 Å². The third-order valence-corrected chi connectivity index (χ3v) is 3.54. The van der Waals surface area contributed by atoms with Gasteiger partial charge in [-0.25, -0.2) is 0 Å². The zero-order valence-electron chi connectivity index (χ0n) is 12.5. The van der Waals surface area contributed by atoms with E-state index in [0.717, 1.165) is 13.0 Å². The second-order valence-corrected chi connectivity index (χ2v) is 5.35. The highest BCUT2D eigenvalue weighted by Gasteiger charge is 2.04. The molecule has 106 valence electrons. The lowest BCUT2D eigenvalue weighted by atomic mass is 10.0. The van der Waals surface area contributed by atoms with Crippen molar-refractivity contribution in [3.8, 4) is 6.07 Å². The first kappa shape index (κ1) is 17.4. The Morgan fingerprint density at radius 2 is 1.39 bits per heavy atom. The lowest BCUT2D eigenvalue weighted by Crippen LogP contribution is -2.17. The molecule has 0 aliphatic heterocycles. The Balaban J connectivity index is 3.13. The first-order valence-electron chi connectivity index (χ1n) is 7.89. The van der Waals surface area contributed by atoms with E-state index in [1.54, 1.807) is 0 Å². The van der Waals surface area contributed by atoms with Gasteiger partial charge in [-0.1, -0.05) is 71.1 Å². The van der Waals surface area contributed by atoms with Crippen LogP contribution in [0.5, 0.6) is 0 Å². The van der Waals surface area contributed by atoms with Crippen molar-refractivity contribution in [2.24, 2.45) is 5.92 Å². The second-order valence-electron chi connectivity index (χ2n) is 5.35. The number of nitrogens with one attached hydrogen (secondary N) is 1. The van der Waals surface area contributed by atoms with Crippen LogP contribution in [0.25, 0.3) is 0 Å². The third-order valence-electron chi connectivity index (χ3n) is 3.54. The highest BCUT2D eigenvalue weighted by molar-refractivity contribution is 4.83. The quantitative estimate of drug-likeness (QED) is 0.484. The van der Waals surface area contributed by atoms with Gasteiger partial charge in [0, 0.05) is 6.54 Å². The van der Waals surface area contributed by atoms with E-state index in [9.17, 15) is 0 Å². The van der Waals surface area contributed by atoms with Gasteiger partial charge in [0.2, 0.25) is 0 Å². The molecule has 1 N–H and O–H groups in total. The van der Waals surface area contributed by atoms with Crippen LogP contribution < -0.4 is 5.32 Å². The van der Waals surface area contributed by atoms with Crippen molar-refractivity contribution in [1.29, 1.82) is 5.26 Å². The van der Waals surface area contributed by atoms with E-state index < -0.39 is 0 Å². The predicted molar refractivity (Wildman–Crippen MR) is 79.5 cm³/mol. The minimum absolute atomic E-state index is 0.212. The van der Waals surface area contributed by atoms with Gasteiger partial charge < -0.3 is 5.32 Å². The molecule has 2 nitrogen and oxygen atoms in total. The highest BCUT2D eigenvalue weighted by atomic mass is 14.8. The zero-order valence-corrected chi connectivity index (χ0v) is 12.5. The van der Waals surface area contributed by atoms with Gasteiger partial charge in [0.15, 0.2) is 0 Å². The van der Waals surface area contributed by atoms with Gasteiger partial charge in [0.05, 0.1) is 12.0 Å². The van der Waals surface area contributed by atoms with E-state index in [0.29, 0.717) is 0 Å². The van der Waals surface area contributed by atoms with Crippen molar-refractivity contribution in [1.82, 2.24) is 5.32 Å². The summed E-state index contributed by atoms with van der Waals surface area (Å²) in [6, 6.07) is 2.37. The van der Waals surface area contributed by atoms with Crippen LogP contribution in [0.2, 0.25) is 0 Å².